The highest BCUT2D eigenvalue weighted by Gasteiger charge is 2.30. The van der Waals surface area contributed by atoms with Crippen LogP contribution in [-0.4, -0.2) is 23.2 Å². The van der Waals surface area contributed by atoms with Crippen molar-refractivity contribution in [3.05, 3.63) is 52.0 Å². The van der Waals surface area contributed by atoms with Crippen molar-refractivity contribution in [2.24, 2.45) is 0 Å². The lowest BCUT2D eigenvalue weighted by Crippen LogP contribution is -2.52. The van der Waals surface area contributed by atoms with Crippen molar-refractivity contribution in [3.63, 3.8) is 0 Å². The lowest BCUT2D eigenvalue weighted by Gasteiger charge is -2.36. The fourth-order valence-corrected chi connectivity index (χ4v) is 3.18. The van der Waals surface area contributed by atoms with Crippen molar-refractivity contribution in [2.75, 3.05) is 0 Å². The fourth-order valence-electron chi connectivity index (χ4n) is 2.57. The van der Waals surface area contributed by atoms with E-state index < -0.39 is 0 Å². The zero-order chi connectivity index (χ0) is 16.1. The van der Waals surface area contributed by atoms with Crippen LogP contribution in [-0.2, 0) is 17.9 Å². The van der Waals surface area contributed by atoms with Crippen molar-refractivity contribution in [3.8, 4) is 0 Å². The van der Waals surface area contributed by atoms with Crippen LogP contribution in [0.15, 0.2) is 35.7 Å². The molecule has 1 aromatic carbocycles. The van der Waals surface area contributed by atoms with Crippen LogP contribution in [0.1, 0.15) is 29.1 Å². The highest BCUT2D eigenvalue weighted by atomic mass is 32.1. The van der Waals surface area contributed by atoms with Gasteiger partial charge in [-0.05, 0) is 25.3 Å². The summed E-state index contributed by atoms with van der Waals surface area (Å²) >= 11 is 1.67. The van der Waals surface area contributed by atoms with Gasteiger partial charge in [0.25, 0.3) is 0 Å². The molecule has 0 spiro atoms. The molecule has 3 rings (SSSR count). The first kappa shape index (κ1) is 16.0. The molecule has 0 aliphatic heterocycles. The molecule has 1 amide bonds. The normalized spacial score (nSPS) is 19.9. The maximum Gasteiger partial charge on any atom is 0.407 e. The predicted octanol–water partition coefficient (Wildman–Crippen LogP) is 3.00. The van der Waals surface area contributed by atoms with Crippen molar-refractivity contribution in [1.82, 2.24) is 15.6 Å². The van der Waals surface area contributed by atoms with E-state index in [1.54, 1.807) is 11.3 Å². The van der Waals surface area contributed by atoms with E-state index >= 15 is 0 Å². The minimum absolute atomic E-state index is 0.202. The molecule has 1 fully saturated rings. The van der Waals surface area contributed by atoms with Crippen molar-refractivity contribution < 1.29 is 9.53 Å². The van der Waals surface area contributed by atoms with Gasteiger partial charge in [-0.3, -0.25) is 0 Å². The van der Waals surface area contributed by atoms with Crippen LogP contribution in [0.4, 0.5) is 4.79 Å². The minimum Gasteiger partial charge on any atom is -0.445 e. The monoisotopic (exact) mass is 331 g/mol. The van der Waals surface area contributed by atoms with E-state index in [1.807, 2.05) is 37.3 Å². The Hall–Kier alpha value is -1.92. The molecule has 0 atom stereocenters. The Morgan fingerprint density at radius 2 is 2.09 bits per heavy atom. The summed E-state index contributed by atoms with van der Waals surface area (Å²) in [6.45, 7) is 3.11. The molecule has 2 N–H and O–H groups in total. The summed E-state index contributed by atoms with van der Waals surface area (Å²) in [5, 5.41) is 9.54. The molecule has 23 heavy (non-hydrogen) atoms. The summed E-state index contributed by atoms with van der Waals surface area (Å²) in [4.78, 5) is 16.2. The standard InChI is InChI=1S/C17H21N3O2S/c1-12-19-16(11-23-12)9-18-14-7-15(8-14)20-17(21)22-10-13-5-3-2-4-6-13/h2-6,11,14-15,18H,7-10H2,1H3,(H,20,21). The third kappa shape index (κ3) is 4.77. The number of aromatic nitrogens is 1. The van der Waals surface area contributed by atoms with Crippen LogP contribution >= 0.6 is 11.3 Å². The number of hydrogen-bond acceptors (Lipinski definition) is 5. The fraction of sp³-hybridized carbons (Fsp3) is 0.412. The molecular formula is C17H21N3O2S. The van der Waals surface area contributed by atoms with E-state index in [1.165, 1.54) is 0 Å². The van der Waals surface area contributed by atoms with Gasteiger partial charge in [0.2, 0.25) is 0 Å². The Morgan fingerprint density at radius 3 is 2.78 bits per heavy atom. The molecule has 2 aromatic rings. The van der Waals surface area contributed by atoms with Gasteiger partial charge in [-0.1, -0.05) is 30.3 Å². The minimum atomic E-state index is -0.340. The zero-order valence-electron chi connectivity index (χ0n) is 13.1. The summed E-state index contributed by atoms with van der Waals surface area (Å²) < 4.78 is 5.22. The summed E-state index contributed by atoms with van der Waals surface area (Å²) in [5.41, 5.74) is 2.08. The molecule has 0 saturated heterocycles. The third-order valence-electron chi connectivity index (χ3n) is 3.91. The van der Waals surface area contributed by atoms with Gasteiger partial charge in [-0.25, -0.2) is 9.78 Å². The number of carbonyl (C=O) groups excluding carboxylic acids is 1. The van der Waals surface area contributed by atoms with Crippen molar-refractivity contribution in [1.29, 1.82) is 0 Å². The third-order valence-corrected chi connectivity index (χ3v) is 4.73. The van der Waals surface area contributed by atoms with Crippen LogP contribution in [0, 0.1) is 6.92 Å². The topological polar surface area (TPSA) is 63.2 Å². The molecule has 1 aliphatic rings. The largest absolute Gasteiger partial charge is 0.445 e. The number of benzene rings is 1. The molecular weight excluding hydrogens is 310 g/mol. The van der Waals surface area contributed by atoms with Crippen molar-refractivity contribution in [2.45, 2.75) is 45.0 Å². The SMILES string of the molecule is Cc1nc(CNC2CC(NC(=O)OCc3ccccc3)C2)cs1. The Bertz CT molecular complexity index is 638. The number of nitrogens with zero attached hydrogens (tertiary/aromatic N) is 1. The number of amides is 1. The van der Waals surface area contributed by atoms with E-state index in [-0.39, 0.29) is 12.1 Å². The first-order valence-electron chi connectivity index (χ1n) is 7.80. The predicted molar refractivity (Wildman–Crippen MR) is 90.3 cm³/mol. The first-order valence-corrected chi connectivity index (χ1v) is 8.68. The van der Waals surface area contributed by atoms with E-state index in [2.05, 4.69) is 21.0 Å². The maximum absolute atomic E-state index is 11.7. The number of aryl methyl sites for hydroxylation is 1. The van der Waals surface area contributed by atoms with Crippen LogP contribution < -0.4 is 10.6 Å². The summed E-state index contributed by atoms with van der Waals surface area (Å²) in [6.07, 6.45) is 1.53. The lowest BCUT2D eigenvalue weighted by atomic mass is 9.87. The van der Waals surface area contributed by atoms with Gasteiger partial charge in [0, 0.05) is 24.0 Å². The molecule has 0 bridgehead atoms. The van der Waals surface area contributed by atoms with Crippen LogP contribution in [0.5, 0.6) is 0 Å². The number of nitrogens with one attached hydrogen (secondary N) is 2. The van der Waals surface area contributed by atoms with E-state index in [9.17, 15) is 4.79 Å². The maximum atomic E-state index is 11.7. The van der Waals surface area contributed by atoms with Gasteiger partial charge in [0.15, 0.2) is 0 Å². The second kappa shape index (κ2) is 7.57. The lowest BCUT2D eigenvalue weighted by molar-refractivity contribution is 0.125. The average Bonchev–Trinajstić information content (AvgIpc) is 2.94. The first-order chi connectivity index (χ1) is 11.2. The van der Waals surface area contributed by atoms with Crippen LogP contribution in [0.2, 0.25) is 0 Å². The molecule has 0 unspecified atom stereocenters. The number of alkyl carbamates (subject to hydrolysis) is 1. The van der Waals surface area contributed by atoms with Gasteiger partial charge in [-0.15, -0.1) is 11.3 Å². The van der Waals surface area contributed by atoms with Gasteiger partial charge in [-0.2, -0.15) is 0 Å². The number of hydrogen-bond donors (Lipinski definition) is 2. The average molecular weight is 331 g/mol. The van der Waals surface area contributed by atoms with Gasteiger partial charge in [0.05, 0.1) is 10.7 Å². The van der Waals surface area contributed by atoms with Crippen LogP contribution in [0.3, 0.4) is 0 Å². The summed E-state index contributed by atoms with van der Waals surface area (Å²) in [6, 6.07) is 10.3. The highest BCUT2D eigenvalue weighted by Crippen LogP contribution is 2.21. The highest BCUT2D eigenvalue weighted by molar-refractivity contribution is 7.09. The zero-order valence-corrected chi connectivity index (χ0v) is 13.9. The second-order valence-corrected chi connectivity index (χ2v) is 6.87. The van der Waals surface area contributed by atoms with Crippen LogP contribution in [0.25, 0.3) is 0 Å². The van der Waals surface area contributed by atoms with E-state index in [0.29, 0.717) is 12.6 Å². The quantitative estimate of drug-likeness (QED) is 0.854. The Labute approximate surface area is 140 Å². The summed E-state index contributed by atoms with van der Waals surface area (Å²) in [5.74, 6) is 0. The van der Waals surface area contributed by atoms with E-state index in [4.69, 9.17) is 4.74 Å². The molecule has 122 valence electrons. The molecule has 5 nitrogen and oxygen atoms in total. The smallest absolute Gasteiger partial charge is 0.407 e. The molecule has 6 heteroatoms. The Balaban J connectivity index is 1.30. The number of ether oxygens (including phenoxy) is 1. The summed E-state index contributed by atoms with van der Waals surface area (Å²) in [7, 11) is 0. The molecule has 0 radical (unpaired) electrons. The number of carbonyl (C=O) groups is 1. The molecule has 1 heterocycles. The molecule has 1 aromatic heterocycles. The van der Waals surface area contributed by atoms with E-state index in [0.717, 1.165) is 35.7 Å². The van der Waals surface area contributed by atoms with Gasteiger partial charge < -0.3 is 15.4 Å². The van der Waals surface area contributed by atoms with Gasteiger partial charge >= 0.3 is 6.09 Å². The number of rotatable bonds is 6. The molecule has 1 aliphatic carbocycles. The Kier molecular flexibility index (Phi) is 5.25. The van der Waals surface area contributed by atoms with Crippen molar-refractivity contribution >= 4 is 17.4 Å². The number of thiazole rings is 1. The Morgan fingerprint density at radius 1 is 1.30 bits per heavy atom. The van der Waals surface area contributed by atoms with Gasteiger partial charge in [0.1, 0.15) is 6.61 Å². The second-order valence-electron chi connectivity index (χ2n) is 5.81. The molecule has 1 saturated carbocycles.